The summed E-state index contributed by atoms with van der Waals surface area (Å²) in [6.07, 6.45) is -2.61. The van der Waals surface area contributed by atoms with Gasteiger partial charge in [-0.2, -0.15) is 0 Å². The van der Waals surface area contributed by atoms with Gasteiger partial charge in [-0.3, -0.25) is 4.57 Å². The zero-order chi connectivity index (χ0) is 58.5. The number of hydrogen-bond acceptors (Lipinski definition) is 4. The molecule has 0 saturated heterocycles. The fourth-order valence-corrected chi connectivity index (χ4v) is 9.52. The van der Waals surface area contributed by atoms with Crippen molar-refractivity contribution in [1.29, 1.82) is 0 Å². The second kappa shape index (κ2) is 18.8. The van der Waals surface area contributed by atoms with Crippen LogP contribution >= 0.6 is 0 Å². The van der Waals surface area contributed by atoms with Gasteiger partial charge in [0.1, 0.15) is 24.0 Å². The lowest BCUT2D eigenvalue weighted by Gasteiger charge is -2.28. The maximum atomic E-state index is 9.95. The van der Waals surface area contributed by atoms with E-state index in [1.165, 1.54) is 6.07 Å². The molecule has 0 N–H and O–H groups in total. The van der Waals surface area contributed by atoms with Gasteiger partial charge in [0.25, 0.3) is 0 Å². The molecule has 0 radical (unpaired) electrons. The molecule has 11 rings (SSSR count). The lowest BCUT2D eigenvalue weighted by molar-refractivity contribution is 0.483. The predicted octanol–water partition coefficient (Wildman–Crippen LogP) is 17.9. The van der Waals surface area contributed by atoms with Gasteiger partial charge in [-0.05, 0) is 124 Å². The highest BCUT2D eigenvalue weighted by molar-refractivity contribution is 6.09. The van der Waals surface area contributed by atoms with E-state index in [0.29, 0.717) is 34.1 Å². The number of aromatic nitrogens is 2. The summed E-state index contributed by atoms with van der Waals surface area (Å²) in [6.45, 7) is 13.1. The monoisotopic (exact) mass is 938 g/mol. The predicted molar refractivity (Wildman–Crippen MR) is 299 cm³/mol. The normalized spacial score (nSPS) is 15.3. The van der Waals surface area contributed by atoms with Crippen molar-refractivity contribution in [2.24, 2.45) is 11.8 Å². The number of pyridine rings is 1. The lowest BCUT2D eigenvalue weighted by atomic mass is 9.88. The molecule has 10 aromatic rings. The minimum Gasteiger partial charge on any atom is -0.457 e. The summed E-state index contributed by atoms with van der Waals surface area (Å²) in [6, 6.07) is 44.4. The van der Waals surface area contributed by atoms with Gasteiger partial charge in [-0.1, -0.05) is 176 Å². The Balaban J connectivity index is 1.11. The van der Waals surface area contributed by atoms with Crippen molar-refractivity contribution >= 4 is 44.6 Å². The van der Waals surface area contributed by atoms with Crippen LogP contribution in [0.1, 0.15) is 80.2 Å². The maximum absolute atomic E-state index is 9.95. The minimum atomic E-state index is -2.23. The molecule has 5 heteroatoms. The van der Waals surface area contributed by atoms with Crippen molar-refractivity contribution in [1.82, 2.24) is 9.55 Å². The topological polar surface area (TPSA) is 33.5 Å². The Morgan fingerprint density at radius 3 is 1.93 bits per heavy atom. The summed E-state index contributed by atoms with van der Waals surface area (Å²) >= 11 is 0. The second-order valence-corrected chi connectivity index (χ2v) is 19.7. The van der Waals surface area contributed by atoms with Crippen LogP contribution in [0.5, 0.6) is 11.5 Å². The first-order valence-electron chi connectivity index (χ1n) is 29.8. The van der Waals surface area contributed by atoms with E-state index in [-0.39, 0.29) is 63.2 Å². The number of para-hydroxylation sites is 4. The van der Waals surface area contributed by atoms with Gasteiger partial charge >= 0.3 is 0 Å². The number of rotatable bonds is 12. The fourth-order valence-electron chi connectivity index (χ4n) is 9.52. The van der Waals surface area contributed by atoms with Crippen LogP contribution in [-0.4, -0.2) is 16.2 Å². The van der Waals surface area contributed by atoms with Gasteiger partial charge in [0.15, 0.2) is 0 Å². The van der Waals surface area contributed by atoms with Gasteiger partial charge in [0, 0.05) is 51.4 Å². The van der Waals surface area contributed by atoms with Crippen molar-refractivity contribution in [2.75, 3.05) is 16.5 Å². The zero-order valence-corrected chi connectivity index (χ0v) is 41.1. The first-order valence-corrected chi connectivity index (χ1v) is 24.3. The van der Waals surface area contributed by atoms with Crippen LogP contribution in [0, 0.1) is 11.8 Å². The maximum Gasteiger partial charge on any atom is 0.137 e. The summed E-state index contributed by atoms with van der Waals surface area (Å²) in [5, 5.41) is 2.11. The minimum absolute atomic E-state index is 0.0264. The molecule has 8 aromatic carbocycles. The van der Waals surface area contributed by atoms with E-state index in [1.54, 1.807) is 39.8 Å². The van der Waals surface area contributed by atoms with E-state index in [9.17, 15) is 15.1 Å². The zero-order valence-electron chi connectivity index (χ0n) is 52.1. The smallest absolute Gasteiger partial charge is 0.137 e. The van der Waals surface area contributed by atoms with E-state index in [0.717, 1.165) is 38.8 Å². The van der Waals surface area contributed by atoms with Crippen molar-refractivity contribution in [3.63, 3.8) is 0 Å². The number of anilines is 4. The molecule has 3 heterocycles. The van der Waals surface area contributed by atoms with E-state index in [1.807, 2.05) is 125 Å². The lowest BCUT2D eigenvalue weighted by Crippen LogP contribution is -2.25. The van der Waals surface area contributed by atoms with E-state index in [4.69, 9.17) is 9.72 Å². The number of hydrogen-bond donors (Lipinski definition) is 0. The molecule has 0 spiro atoms. The molecule has 2 aromatic heterocycles. The molecule has 5 nitrogen and oxygen atoms in total. The third kappa shape index (κ3) is 9.09. The van der Waals surface area contributed by atoms with Gasteiger partial charge in [-0.15, -0.1) is 0 Å². The molecule has 0 aliphatic carbocycles. The molecule has 0 bridgehead atoms. The summed E-state index contributed by atoms with van der Waals surface area (Å²) in [5.41, 5.74) is 5.27. The summed E-state index contributed by atoms with van der Waals surface area (Å²) in [5.74, 6) is 0.455. The molecule has 0 unspecified atom stereocenters. The number of fused-ring (bicyclic) bond motifs is 4. The highest BCUT2D eigenvalue weighted by Crippen LogP contribution is 2.51. The summed E-state index contributed by atoms with van der Waals surface area (Å²) < 4.78 is 115. The van der Waals surface area contributed by atoms with Gasteiger partial charge in [0.05, 0.1) is 37.7 Å². The van der Waals surface area contributed by atoms with Crippen molar-refractivity contribution in [3.8, 4) is 50.7 Å². The molecular formula is C66H62N4O. The molecule has 1 aliphatic rings. The Morgan fingerprint density at radius 2 is 1.21 bits per heavy atom. The molecule has 0 atom stereocenters. The molecular weight excluding hydrogens is 865 g/mol. The van der Waals surface area contributed by atoms with Crippen LogP contribution in [0.2, 0.25) is 0 Å². The van der Waals surface area contributed by atoms with Crippen molar-refractivity contribution in [2.45, 2.75) is 66.6 Å². The fraction of sp³-hybridized carbons (Fsp3) is 0.197. The SMILES string of the molecule is [2H]c1cc(-c2ccccc2)cc([2H])c1-c1c([2H])c([2H])c([2H])c(-c2c([2H])c(C([2H])([2H])C(C)C)cc(C([2H])([2H])C(C)C)c2[2H])c1N1CN(c2cccc(Oc3ccc4c5ccccc5n(-c5cc(C(C)(C)C)ccn5)c4c3)c2)c2ccccc21. The van der Waals surface area contributed by atoms with Gasteiger partial charge in [-0.25, -0.2) is 4.98 Å². The van der Waals surface area contributed by atoms with Gasteiger partial charge < -0.3 is 14.5 Å². The summed E-state index contributed by atoms with van der Waals surface area (Å²) in [4.78, 5) is 8.67. The highest BCUT2D eigenvalue weighted by atomic mass is 16.5. The average Bonchev–Trinajstić information content (AvgIpc) is 3.48. The molecule has 0 amide bonds. The molecule has 0 saturated carbocycles. The third-order valence-corrected chi connectivity index (χ3v) is 12.8. The molecule has 352 valence electrons. The Labute approximate surface area is 435 Å². The Hall–Kier alpha value is -7.89. The van der Waals surface area contributed by atoms with E-state index >= 15 is 0 Å². The molecule has 1 aliphatic heterocycles. The van der Waals surface area contributed by atoms with Crippen molar-refractivity contribution in [3.05, 3.63) is 217 Å². The third-order valence-electron chi connectivity index (χ3n) is 12.8. The van der Waals surface area contributed by atoms with E-state index in [2.05, 4.69) is 49.6 Å². The largest absolute Gasteiger partial charge is 0.457 e. The van der Waals surface area contributed by atoms with Crippen LogP contribution in [0.4, 0.5) is 22.7 Å². The van der Waals surface area contributed by atoms with Crippen LogP contribution < -0.4 is 14.5 Å². The van der Waals surface area contributed by atoms with Crippen LogP contribution in [0.3, 0.4) is 0 Å². The Morgan fingerprint density at radius 1 is 0.577 bits per heavy atom. The first-order chi connectivity index (χ1) is 38.9. The number of nitrogens with zero attached hydrogens (tertiary/aromatic N) is 4. The average molecular weight is 938 g/mol. The number of ether oxygens (including phenoxy) is 1. The quantitative estimate of drug-likeness (QED) is 0.122. The number of benzene rings is 8. The molecule has 0 fully saturated rings. The highest BCUT2D eigenvalue weighted by Gasteiger charge is 2.32. The van der Waals surface area contributed by atoms with Crippen LogP contribution in [0.25, 0.3) is 61.0 Å². The summed E-state index contributed by atoms with van der Waals surface area (Å²) in [7, 11) is 0. The second-order valence-electron chi connectivity index (χ2n) is 19.7. The standard InChI is InChI=1S/C66H62N4O/c1-44(2)35-46-37-47(36-45(3)4)39-51(38-46)57-23-16-22-56(50-29-27-49(28-30-50)48-17-9-8-10-18-48)65(57)69-43-68(61-25-13-14-26-62(61)69)53-19-15-20-54(41-53)71-55-31-32-59-58-21-11-12-24-60(58)70(63(59)42-55)64-40-52(33-34-67-64)66(5,6)7/h8-34,37-42,44-45H,35-36,43H2,1-7H3/i16D,22D,23D,29D,30D,35D2,36D2,38D,39D. The van der Waals surface area contributed by atoms with Crippen LogP contribution in [-0.2, 0) is 18.2 Å². The Kier molecular flexibility index (Phi) is 9.11. The van der Waals surface area contributed by atoms with Gasteiger partial charge in [0.2, 0.25) is 0 Å². The van der Waals surface area contributed by atoms with Crippen molar-refractivity contribution < 1.29 is 19.8 Å². The van der Waals surface area contributed by atoms with Crippen LogP contribution in [0.15, 0.2) is 200 Å². The van der Waals surface area contributed by atoms with E-state index < -0.39 is 54.8 Å². The Bertz CT molecular complexity index is 4100. The molecule has 71 heavy (non-hydrogen) atoms. The first kappa shape index (κ1) is 34.4.